The van der Waals surface area contributed by atoms with E-state index in [1.165, 1.54) is 5.56 Å². The number of thioether (sulfide) groups is 1. The predicted octanol–water partition coefficient (Wildman–Crippen LogP) is 2.71. The zero-order valence-electron chi connectivity index (χ0n) is 9.11. The Morgan fingerprint density at radius 1 is 1.44 bits per heavy atom. The Morgan fingerprint density at radius 2 is 2.12 bits per heavy atom. The number of hydrogen-bond acceptors (Lipinski definition) is 2. The van der Waals surface area contributed by atoms with E-state index in [9.17, 15) is 4.79 Å². The molecule has 1 heterocycles. The molecule has 1 aromatic carbocycles. The quantitative estimate of drug-likeness (QED) is 0.626. The number of nitrogens with one attached hydrogen (secondary N) is 1. The molecule has 0 aromatic heterocycles. The van der Waals surface area contributed by atoms with Crippen molar-refractivity contribution < 1.29 is 4.79 Å². The van der Waals surface area contributed by atoms with Gasteiger partial charge in [-0.05, 0) is 12.0 Å². The van der Waals surface area contributed by atoms with Crippen LogP contribution in [0.1, 0.15) is 18.4 Å². The number of hydrogen-bond donors (Lipinski definition) is 1. The average Bonchev–Trinajstić information content (AvgIpc) is 2.26. The lowest BCUT2D eigenvalue weighted by Crippen LogP contribution is -2.58. The second kappa shape index (κ2) is 4.74. The molecule has 0 radical (unpaired) electrons. The van der Waals surface area contributed by atoms with Gasteiger partial charge in [-0.15, -0.1) is 18.3 Å². The van der Waals surface area contributed by atoms with Gasteiger partial charge in [0.15, 0.2) is 0 Å². The van der Waals surface area contributed by atoms with Crippen molar-refractivity contribution in [1.29, 1.82) is 0 Å². The van der Waals surface area contributed by atoms with Gasteiger partial charge in [0.1, 0.15) is 0 Å². The van der Waals surface area contributed by atoms with Crippen molar-refractivity contribution in [3.8, 4) is 0 Å². The first-order chi connectivity index (χ1) is 7.74. The van der Waals surface area contributed by atoms with Gasteiger partial charge in [-0.25, -0.2) is 0 Å². The molecule has 16 heavy (non-hydrogen) atoms. The van der Waals surface area contributed by atoms with E-state index in [1.54, 1.807) is 11.8 Å². The van der Waals surface area contributed by atoms with Gasteiger partial charge < -0.3 is 5.32 Å². The molecule has 1 fully saturated rings. The fourth-order valence-electron chi connectivity index (χ4n) is 1.79. The summed E-state index contributed by atoms with van der Waals surface area (Å²) in [5.41, 5.74) is 1.29. The zero-order valence-corrected chi connectivity index (χ0v) is 9.93. The Balaban J connectivity index is 1.93. The summed E-state index contributed by atoms with van der Waals surface area (Å²) in [5, 5.41) is 2.98. The van der Waals surface area contributed by atoms with Gasteiger partial charge >= 0.3 is 0 Å². The van der Waals surface area contributed by atoms with Crippen LogP contribution in [0.15, 0.2) is 43.0 Å². The molecule has 1 aliphatic heterocycles. The standard InChI is InChI=1S/C13H15NOS/c1-2-8-13(9-12(15)14-13)16-10-11-6-4-3-5-7-11/h2-7H,1,8-10H2,(H,14,15). The number of carbonyl (C=O) groups is 1. The molecule has 1 unspecified atom stereocenters. The summed E-state index contributed by atoms with van der Waals surface area (Å²) in [7, 11) is 0. The van der Waals surface area contributed by atoms with E-state index >= 15 is 0 Å². The molecule has 3 heteroatoms. The third-order valence-electron chi connectivity index (χ3n) is 2.65. The number of rotatable bonds is 5. The lowest BCUT2D eigenvalue weighted by atomic mass is 10.0. The van der Waals surface area contributed by atoms with Crippen molar-refractivity contribution in [2.24, 2.45) is 0 Å². The molecular formula is C13H15NOS. The normalized spacial score (nSPS) is 23.4. The van der Waals surface area contributed by atoms with Crippen molar-refractivity contribution in [3.63, 3.8) is 0 Å². The van der Waals surface area contributed by atoms with E-state index in [1.807, 2.05) is 24.3 Å². The smallest absolute Gasteiger partial charge is 0.224 e. The highest BCUT2D eigenvalue weighted by molar-refractivity contribution is 8.00. The highest BCUT2D eigenvalue weighted by Crippen LogP contribution is 2.38. The van der Waals surface area contributed by atoms with Gasteiger partial charge in [0, 0.05) is 5.75 Å². The second-order valence-corrected chi connectivity index (χ2v) is 5.35. The van der Waals surface area contributed by atoms with E-state index < -0.39 is 0 Å². The molecule has 1 amide bonds. The van der Waals surface area contributed by atoms with Crippen LogP contribution in [0.5, 0.6) is 0 Å². The van der Waals surface area contributed by atoms with Gasteiger partial charge in [0.05, 0.1) is 11.3 Å². The summed E-state index contributed by atoms with van der Waals surface area (Å²) in [4.78, 5) is 10.9. The fourth-order valence-corrected chi connectivity index (χ4v) is 3.08. The zero-order chi connectivity index (χ0) is 11.4. The van der Waals surface area contributed by atoms with Crippen LogP contribution in [0, 0.1) is 0 Å². The monoisotopic (exact) mass is 233 g/mol. The van der Waals surface area contributed by atoms with E-state index in [0.29, 0.717) is 6.42 Å². The lowest BCUT2D eigenvalue weighted by Gasteiger charge is -2.41. The van der Waals surface area contributed by atoms with Crippen molar-refractivity contribution >= 4 is 17.7 Å². The van der Waals surface area contributed by atoms with Crippen LogP contribution in [0.2, 0.25) is 0 Å². The lowest BCUT2D eigenvalue weighted by molar-refractivity contribution is -0.129. The van der Waals surface area contributed by atoms with Crippen molar-refractivity contribution in [1.82, 2.24) is 5.32 Å². The van der Waals surface area contributed by atoms with Gasteiger partial charge in [0.25, 0.3) is 0 Å². The number of benzene rings is 1. The molecule has 0 saturated carbocycles. The molecule has 0 bridgehead atoms. The van der Waals surface area contributed by atoms with Crippen LogP contribution in [0.3, 0.4) is 0 Å². The summed E-state index contributed by atoms with van der Waals surface area (Å²) in [6, 6.07) is 10.3. The predicted molar refractivity (Wildman–Crippen MR) is 68.0 cm³/mol. The van der Waals surface area contributed by atoms with Crippen LogP contribution in [0.4, 0.5) is 0 Å². The molecule has 1 atom stereocenters. The minimum absolute atomic E-state index is 0.103. The van der Waals surface area contributed by atoms with E-state index in [2.05, 4.69) is 24.0 Å². The molecule has 1 aromatic rings. The Kier molecular flexibility index (Phi) is 3.34. The number of carbonyl (C=O) groups excluding carboxylic acids is 1. The second-order valence-electron chi connectivity index (χ2n) is 3.99. The molecule has 0 spiro atoms. The van der Waals surface area contributed by atoms with Crippen molar-refractivity contribution in [2.75, 3.05) is 0 Å². The Hall–Kier alpha value is -1.22. The average molecular weight is 233 g/mol. The fraction of sp³-hybridized carbons (Fsp3) is 0.308. The summed E-state index contributed by atoms with van der Waals surface area (Å²) >= 11 is 1.79. The molecular weight excluding hydrogens is 218 g/mol. The Bertz CT molecular complexity index is 375. The summed E-state index contributed by atoms with van der Waals surface area (Å²) < 4.78 is 0. The van der Waals surface area contributed by atoms with Crippen LogP contribution < -0.4 is 5.32 Å². The third-order valence-corrected chi connectivity index (χ3v) is 4.09. The maximum absolute atomic E-state index is 11.0. The topological polar surface area (TPSA) is 29.1 Å². The van der Waals surface area contributed by atoms with Crippen molar-refractivity contribution in [2.45, 2.75) is 23.5 Å². The van der Waals surface area contributed by atoms with Gasteiger partial charge in [-0.2, -0.15) is 0 Å². The number of amides is 1. The third kappa shape index (κ3) is 2.47. The molecule has 1 saturated heterocycles. The Morgan fingerprint density at radius 3 is 2.69 bits per heavy atom. The first-order valence-corrected chi connectivity index (χ1v) is 6.32. The molecule has 1 aliphatic rings. The maximum Gasteiger partial charge on any atom is 0.224 e. The van der Waals surface area contributed by atoms with Crippen molar-refractivity contribution in [3.05, 3.63) is 48.6 Å². The Labute approximate surface area is 100 Å². The van der Waals surface area contributed by atoms with Gasteiger partial charge in [-0.1, -0.05) is 36.4 Å². The molecule has 2 nitrogen and oxygen atoms in total. The first-order valence-electron chi connectivity index (χ1n) is 5.34. The SMILES string of the molecule is C=CCC1(SCc2ccccc2)CC(=O)N1. The minimum Gasteiger partial charge on any atom is -0.341 e. The summed E-state index contributed by atoms with van der Waals surface area (Å²) in [6.07, 6.45) is 3.31. The summed E-state index contributed by atoms with van der Waals surface area (Å²) in [5.74, 6) is 1.07. The highest BCUT2D eigenvalue weighted by Gasteiger charge is 2.41. The molecule has 84 valence electrons. The van der Waals surface area contributed by atoms with E-state index in [0.717, 1.165) is 12.2 Å². The maximum atomic E-state index is 11.0. The van der Waals surface area contributed by atoms with Crippen LogP contribution in [-0.4, -0.2) is 10.8 Å². The van der Waals surface area contributed by atoms with Gasteiger partial charge in [0.2, 0.25) is 5.91 Å². The van der Waals surface area contributed by atoms with Crippen LogP contribution in [0.25, 0.3) is 0 Å². The first kappa shape index (κ1) is 11.3. The molecule has 0 aliphatic carbocycles. The van der Waals surface area contributed by atoms with E-state index in [4.69, 9.17) is 0 Å². The number of β-lactam (4-membered cyclic amide) rings is 1. The molecule has 1 N–H and O–H groups in total. The van der Waals surface area contributed by atoms with Crippen LogP contribution in [-0.2, 0) is 10.5 Å². The van der Waals surface area contributed by atoms with Crippen LogP contribution >= 0.6 is 11.8 Å². The van der Waals surface area contributed by atoms with Gasteiger partial charge in [-0.3, -0.25) is 4.79 Å². The largest absolute Gasteiger partial charge is 0.341 e. The molecule has 2 rings (SSSR count). The van der Waals surface area contributed by atoms with E-state index in [-0.39, 0.29) is 10.8 Å². The minimum atomic E-state index is -0.103. The highest BCUT2D eigenvalue weighted by atomic mass is 32.2. The summed E-state index contributed by atoms with van der Waals surface area (Å²) in [6.45, 7) is 3.74.